The van der Waals surface area contributed by atoms with Crippen molar-refractivity contribution < 1.29 is 0 Å². The van der Waals surface area contributed by atoms with E-state index in [9.17, 15) is 0 Å². The topological polar surface area (TPSA) is 21.1 Å². The Morgan fingerprint density at radius 3 is 2.79 bits per heavy atom. The molecule has 0 spiro atoms. The third-order valence-corrected chi connectivity index (χ3v) is 3.60. The highest BCUT2D eigenvalue weighted by molar-refractivity contribution is 9.09. The van der Waals surface area contributed by atoms with Crippen molar-refractivity contribution in [1.29, 1.82) is 0 Å². The Bertz CT molecular complexity index is 289. The quantitative estimate of drug-likeness (QED) is 0.754. The van der Waals surface area contributed by atoms with E-state index in [2.05, 4.69) is 32.1 Å². The molecule has 0 saturated carbocycles. The first-order chi connectivity index (χ1) is 6.74. The van der Waals surface area contributed by atoms with Gasteiger partial charge in [0.05, 0.1) is 6.20 Å². The number of halogens is 1. The van der Waals surface area contributed by atoms with Crippen LogP contribution in [-0.4, -0.2) is 32.6 Å². The van der Waals surface area contributed by atoms with Crippen molar-refractivity contribution in [2.24, 2.45) is 7.05 Å². The van der Waals surface area contributed by atoms with E-state index in [1.165, 1.54) is 31.5 Å². The van der Waals surface area contributed by atoms with Crippen molar-refractivity contribution in [3.05, 3.63) is 18.0 Å². The molecule has 0 N–H and O–H groups in total. The van der Waals surface area contributed by atoms with Crippen LogP contribution in [0.2, 0.25) is 0 Å². The molecule has 2 rings (SSSR count). The number of piperidine rings is 1. The van der Waals surface area contributed by atoms with E-state index in [0.717, 1.165) is 11.4 Å². The molecule has 3 nitrogen and oxygen atoms in total. The van der Waals surface area contributed by atoms with Crippen LogP contribution in [-0.2, 0) is 13.6 Å². The first-order valence-electron chi connectivity index (χ1n) is 5.08. The molecule has 1 aromatic heterocycles. The second kappa shape index (κ2) is 4.45. The zero-order valence-corrected chi connectivity index (χ0v) is 10.1. The normalized spacial score (nSPS) is 20.1. The summed E-state index contributed by atoms with van der Waals surface area (Å²) in [5.74, 6) is 0. The molecule has 0 atom stereocenters. The van der Waals surface area contributed by atoms with Gasteiger partial charge in [0.1, 0.15) is 0 Å². The number of rotatable bonds is 2. The van der Waals surface area contributed by atoms with E-state index in [1.54, 1.807) is 0 Å². The van der Waals surface area contributed by atoms with Crippen molar-refractivity contribution >= 4 is 15.9 Å². The number of aromatic nitrogens is 2. The molecular formula is C10H16BrN3. The lowest BCUT2D eigenvalue weighted by molar-refractivity contribution is 0.226. The fourth-order valence-electron chi connectivity index (χ4n) is 1.87. The molecule has 78 valence electrons. The van der Waals surface area contributed by atoms with Gasteiger partial charge in [-0.25, -0.2) is 0 Å². The van der Waals surface area contributed by atoms with Crippen LogP contribution in [0.25, 0.3) is 0 Å². The van der Waals surface area contributed by atoms with E-state index < -0.39 is 0 Å². The Balaban J connectivity index is 1.86. The van der Waals surface area contributed by atoms with Gasteiger partial charge in [-0.3, -0.25) is 9.58 Å². The van der Waals surface area contributed by atoms with E-state index in [1.807, 2.05) is 17.9 Å². The highest BCUT2D eigenvalue weighted by Gasteiger charge is 2.16. The Kier molecular flexibility index (Phi) is 3.23. The predicted octanol–water partition coefficient (Wildman–Crippen LogP) is 1.78. The van der Waals surface area contributed by atoms with Crippen LogP contribution in [0.4, 0.5) is 0 Å². The zero-order chi connectivity index (χ0) is 9.97. The van der Waals surface area contributed by atoms with Crippen molar-refractivity contribution in [1.82, 2.24) is 14.7 Å². The number of hydrogen-bond donors (Lipinski definition) is 0. The number of alkyl halides is 1. The van der Waals surface area contributed by atoms with Crippen LogP contribution >= 0.6 is 15.9 Å². The monoisotopic (exact) mass is 257 g/mol. The van der Waals surface area contributed by atoms with Gasteiger partial charge in [0.15, 0.2) is 0 Å². The average Bonchev–Trinajstić information content (AvgIpc) is 2.56. The second-order valence-corrected chi connectivity index (χ2v) is 5.27. The number of likely N-dealkylation sites (tertiary alicyclic amines) is 1. The van der Waals surface area contributed by atoms with Gasteiger partial charge >= 0.3 is 0 Å². The summed E-state index contributed by atoms with van der Waals surface area (Å²) in [6.07, 6.45) is 6.58. The van der Waals surface area contributed by atoms with Crippen LogP contribution in [0.3, 0.4) is 0 Å². The number of nitrogens with zero attached hydrogens (tertiary/aromatic N) is 3. The SMILES string of the molecule is Cn1cc(CN2CCC(Br)CC2)cn1. The summed E-state index contributed by atoms with van der Waals surface area (Å²) in [4.78, 5) is 3.22. The molecule has 1 aromatic rings. The smallest absolute Gasteiger partial charge is 0.0534 e. The lowest BCUT2D eigenvalue weighted by atomic mass is 10.1. The third-order valence-electron chi connectivity index (χ3n) is 2.68. The minimum atomic E-state index is 0.729. The minimum absolute atomic E-state index is 0.729. The Morgan fingerprint density at radius 2 is 2.21 bits per heavy atom. The zero-order valence-electron chi connectivity index (χ0n) is 8.49. The van der Waals surface area contributed by atoms with Crippen molar-refractivity contribution in [3.63, 3.8) is 0 Å². The molecule has 0 amide bonds. The summed E-state index contributed by atoms with van der Waals surface area (Å²) in [5.41, 5.74) is 1.32. The molecule has 0 bridgehead atoms. The van der Waals surface area contributed by atoms with Gasteiger partial charge in [0, 0.05) is 30.2 Å². The standard InChI is InChI=1S/C10H16BrN3/c1-13-7-9(6-12-13)8-14-4-2-10(11)3-5-14/h6-7,10H,2-5,8H2,1H3. The van der Waals surface area contributed by atoms with Crippen molar-refractivity contribution in [3.8, 4) is 0 Å². The van der Waals surface area contributed by atoms with Gasteiger partial charge in [-0.05, 0) is 25.9 Å². The van der Waals surface area contributed by atoms with Gasteiger partial charge in [-0.2, -0.15) is 5.10 Å². The van der Waals surface area contributed by atoms with Gasteiger partial charge in [-0.15, -0.1) is 0 Å². The molecule has 0 aliphatic carbocycles. The first-order valence-corrected chi connectivity index (χ1v) is 5.99. The average molecular weight is 258 g/mol. The summed E-state index contributed by atoms with van der Waals surface area (Å²) < 4.78 is 1.87. The summed E-state index contributed by atoms with van der Waals surface area (Å²) in [5, 5.41) is 4.18. The minimum Gasteiger partial charge on any atom is -0.299 e. The van der Waals surface area contributed by atoms with E-state index in [0.29, 0.717) is 0 Å². The largest absolute Gasteiger partial charge is 0.299 e. The maximum Gasteiger partial charge on any atom is 0.0534 e. The van der Waals surface area contributed by atoms with Gasteiger partial charge in [0.2, 0.25) is 0 Å². The summed E-state index contributed by atoms with van der Waals surface area (Å²) in [6.45, 7) is 3.45. The maximum absolute atomic E-state index is 4.18. The third kappa shape index (κ3) is 2.58. The van der Waals surface area contributed by atoms with Gasteiger partial charge < -0.3 is 0 Å². The molecule has 4 heteroatoms. The summed E-state index contributed by atoms with van der Waals surface area (Å²) >= 11 is 3.66. The Labute approximate surface area is 93.2 Å². The number of aryl methyl sites for hydroxylation is 1. The lowest BCUT2D eigenvalue weighted by Crippen LogP contribution is -2.33. The van der Waals surface area contributed by atoms with Crippen molar-refractivity contribution in [2.75, 3.05) is 13.1 Å². The molecule has 0 aromatic carbocycles. The number of hydrogen-bond acceptors (Lipinski definition) is 2. The lowest BCUT2D eigenvalue weighted by Gasteiger charge is -2.28. The van der Waals surface area contributed by atoms with Gasteiger partial charge in [-0.1, -0.05) is 15.9 Å². The summed E-state index contributed by atoms with van der Waals surface area (Å²) in [7, 11) is 1.97. The highest BCUT2D eigenvalue weighted by Crippen LogP contribution is 2.18. The molecule has 1 saturated heterocycles. The molecule has 0 unspecified atom stereocenters. The van der Waals surface area contributed by atoms with Crippen molar-refractivity contribution in [2.45, 2.75) is 24.2 Å². The Morgan fingerprint density at radius 1 is 1.50 bits per heavy atom. The van der Waals surface area contributed by atoms with Crippen LogP contribution in [0.15, 0.2) is 12.4 Å². The van der Waals surface area contributed by atoms with Crippen LogP contribution in [0.5, 0.6) is 0 Å². The first kappa shape index (κ1) is 10.2. The van der Waals surface area contributed by atoms with Crippen LogP contribution in [0.1, 0.15) is 18.4 Å². The van der Waals surface area contributed by atoms with Gasteiger partial charge in [0.25, 0.3) is 0 Å². The summed E-state index contributed by atoms with van der Waals surface area (Å²) in [6, 6.07) is 0. The molecule has 1 aliphatic rings. The Hall–Kier alpha value is -0.350. The van der Waals surface area contributed by atoms with Crippen LogP contribution in [0, 0.1) is 0 Å². The molecule has 2 heterocycles. The van der Waals surface area contributed by atoms with E-state index in [4.69, 9.17) is 0 Å². The fourth-order valence-corrected chi connectivity index (χ4v) is 2.28. The van der Waals surface area contributed by atoms with E-state index in [-0.39, 0.29) is 0 Å². The maximum atomic E-state index is 4.18. The predicted molar refractivity (Wildman–Crippen MR) is 60.4 cm³/mol. The van der Waals surface area contributed by atoms with Crippen LogP contribution < -0.4 is 0 Å². The van der Waals surface area contributed by atoms with E-state index >= 15 is 0 Å². The molecule has 14 heavy (non-hydrogen) atoms. The highest BCUT2D eigenvalue weighted by atomic mass is 79.9. The molecule has 1 fully saturated rings. The molecule has 1 aliphatic heterocycles. The fraction of sp³-hybridized carbons (Fsp3) is 0.700. The molecule has 0 radical (unpaired) electrons. The molecular weight excluding hydrogens is 242 g/mol. The second-order valence-electron chi connectivity index (χ2n) is 3.97.